The summed E-state index contributed by atoms with van der Waals surface area (Å²) >= 11 is 0. The van der Waals surface area contributed by atoms with Crippen LogP contribution in [-0.4, -0.2) is 34.5 Å². The van der Waals surface area contributed by atoms with Crippen molar-refractivity contribution in [2.24, 2.45) is 0 Å². The molecule has 2 aliphatic heterocycles. The van der Waals surface area contributed by atoms with E-state index in [1.54, 1.807) is 4.90 Å². The number of aromatic nitrogens is 2. The van der Waals surface area contributed by atoms with E-state index >= 15 is 0 Å². The number of anilines is 3. The molecule has 0 unspecified atom stereocenters. The van der Waals surface area contributed by atoms with Gasteiger partial charge in [0.1, 0.15) is 5.82 Å². The van der Waals surface area contributed by atoms with E-state index in [0.29, 0.717) is 45.2 Å². The second kappa shape index (κ2) is 7.61. The predicted octanol–water partition coefficient (Wildman–Crippen LogP) is 3.91. The zero-order valence-electron chi connectivity index (χ0n) is 16.4. The summed E-state index contributed by atoms with van der Waals surface area (Å²) in [7, 11) is 0. The Morgan fingerprint density at radius 2 is 1.71 bits per heavy atom. The predicted molar refractivity (Wildman–Crippen MR) is 103 cm³/mol. The molecule has 0 bridgehead atoms. The van der Waals surface area contributed by atoms with Crippen LogP contribution >= 0.6 is 0 Å². The van der Waals surface area contributed by atoms with Crippen LogP contribution in [0.3, 0.4) is 0 Å². The Kier molecular flexibility index (Phi) is 5.22. The Morgan fingerprint density at radius 1 is 1.00 bits per heavy atom. The van der Waals surface area contributed by atoms with Crippen molar-refractivity contribution in [3.05, 3.63) is 41.6 Å². The minimum absolute atomic E-state index is 0.0659. The molecular formula is C20H20F5N5O. The maximum absolute atomic E-state index is 13.8. The lowest BCUT2D eigenvalue weighted by atomic mass is 9.78. The Bertz CT molecular complexity index is 1000. The molecule has 0 atom stereocenters. The molecule has 1 aromatic carbocycles. The van der Waals surface area contributed by atoms with Crippen LogP contribution in [0.15, 0.2) is 24.3 Å². The van der Waals surface area contributed by atoms with E-state index < -0.39 is 35.0 Å². The Balaban J connectivity index is 1.60. The second-order valence-electron chi connectivity index (χ2n) is 7.86. The first-order valence-electron chi connectivity index (χ1n) is 9.84. The number of nitrogens with zero attached hydrogens (tertiary/aromatic N) is 4. The summed E-state index contributed by atoms with van der Waals surface area (Å²) in [5, 5.41) is 0. The van der Waals surface area contributed by atoms with Crippen LogP contribution in [0, 0.1) is 11.6 Å². The van der Waals surface area contributed by atoms with Gasteiger partial charge in [-0.25, -0.2) is 13.8 Å². The fraction of sp³-hybridized carbons (Fsp3) is 0.450. The number of carbonyl (C=O) groups is 1. The van der Waals surface area contributed by atoms with E-state index in [2.05, 4.69) is 9.97 Å². The van der Waals surface area contributed by atoms with Crippen LogP contribution in [0.5, 0.6) is 0 Å². The van der Waals surface area contributed by atoms with Gasteiger partial charge in [-0.15, -0.1) is 0 Å². The van der Waals surface area contributed by atoms with E-state index in [-0.39, 0.29) is 17.4 Å². The van der Waals surface area contributed by atoms with Gasteiger partial charge >= 0.3 is 6.18 Å². The number of benzene rings is 1. The third-order valence-electron chi connectivity index (χ3n) is 5.96. The number of nitrogens with two attached hydrogens (primary N) is 1. The highest BCUT2D eigenvalue weighted by Gasteiger charge is 2.46. The number of nitrogen functional groups attached to an aromatic ring is 1. The number of carbonyl (C=O) groups excluding carboxylic acids is 1. The molecule has 166 valence electrons. The molecule has 1 spiro atoms. The van der Waals surface area contributed by atoms with E-state index in [9.17, 15) is 26.7 Å². The molecule has 11 heteroatoms. The van der Waals surface area contributed by atoms with Crippen molar-refractivity contribution in [3.63, 3.8) is 0 Å². The van der Waals surface area contributed by atoms with Gasteiger partial charge in [0, 0.05) is 37.3 Å². The zero-order chi connectivity index (χ0) is 22.4. The lowest BCUT2D eigenvalue weighted by Gasteiger charge is -2.51. The number of alkyl halides is 3. The normalized spacial score (nSPS) is 19.2. The highest BCUT2D eigenvalue weighted by atomic mass is 19.4. The van der Waals surface area contributed by atoms with Crippen LogP contribution < -0.4 is 15.5 Å². The van der Waals surface area contributed by atoms with Gasteiger partial charge in [0.15, 0.2) is 17.3 Å². The Labute approximate surface area is 174 Å². The lowest BCUT2D eigenvalue weighted by Crippen LogP contribution is -2.60. The summed E-state index contributed by atoms with van der Waals surface area (Å²) in [5.41, 5.74) is 4.01. The molecule has 6 nitrogen and oxygen atoms in total. The highest BCUT2D eigenvalue weighted by Crippen LogP contribution is 2.42. The van der Waals surface area contributed by atoms with Gasteiger partial charge in [-0.2, -0.15) is 18.2 Å². The van der Waals surface area contributed by atoms with Gasteiger partial charge in [0.2, 0.25) is 11.9 Å². The molecule has 2 saturated heterocycles. The SMILES string of the molecule is Nc1nc(N2CCC3(CCCC(=O)N3c3ccc(F)c(F)c3)CC2)cc(C(F)(F)F)n1. The fourth-order valence-corrected chi connectivity index (χ4v) is 4.48. The first-order valence-corrected chi connectivity index (χ1v) is 9.84. The molecule has 0 radical (unpaired) electrons. The number of halogens is 5. The summed E-state index contributed by atoms with van der Waals surface area (Å²) in [6.07, 6.45) is -2.18. The maximum atomic E-state index is 13.8. The maximum Gasteiger partial charge on any atom is 0.433 e. The minimum Gasteiger partial charge on any atom is -0.368 e. The Hall–Kier alpha value is -2.98. The van der Waals surface area contributed by atoms with Crippen LogP contribution in [0.1, 0.15) is 37.8 Å². The van der Waals surface area contributed by atoms with Crippen LogP contribution in [-0.2, 0) is 11.0 Å². The molecule has 1 amide bonds. The van der Waals surface area contributed by atoms with Crippen molar-refractivity contribution >= 4 is 23.4 Å². The molecule has 4 rings (SSSR count). The standard InChI is InChI=1S/C20H20F5N5O/c21-13-4-3-12(10-14(13)22)30-17(31)2-1-5-19(30)6-8-29(9-7-19)16-11-15(20(23,24)25)27-18(26)28-16/h3-4,10-11H,1-2,5-9H2,(H2,26,27,28). The summed E-state index contributed by atoms with van der Waals surface area (Å²) in [5.74, 6) is -2.63. The Morgan fingerprint density at radius 3 is 2.35 bits per heavy atom. The fourth-order valence-electron chi connectivity index (χ4n) is 4.48. The molecule has 1 aromatic heterocycles. The summed E-state index contributed by atoms with van der Waals surface area (Å²) in [6.45, 7) is 0.641. The van der Waals surface area contributed by atoms with Crippen molar-refractivity contribution < 1.29 is 26.7 Å². The number of amides is 1. The number of hydrogen-bond acceptors (Lipinski definition) is 5. The van der Waals surface area contributed by atoms with E-state index in [1.807, 2.05) is 0 Å². The average molecular weight is 441 g/mol. The summed E-state index contributed by atoms with van der Waals surface area (Å²) < 4.78 is 66.5. The van der Waals surface area contributed by atoms with Crippen molar-refractivity contribution in [2.75, 3.05) is 28.6 Å². The molecule has 3 heterocycles. The van der Waals surface area contributed by atoms with Gasteiger partial charge in [0.25, 0.3) is 0 Å². The zero-order valence-corrected chi connectivity index (χ0v) is 16.4. The largest absolute Gasteiger partial charge is 0.433 e. The van der Waals surface area contributed by atoms with Crippen LogP contribution in [0.25, 0.3) is 0 Å². The average Bonchev–Trinajstić information content (AvgIpc) is 2.70. The van der Waals surface area contributed by atoms with Gasteiger partial charge in [0.05, 0.1) is 5.54 Å². The number of hydrogen-bond donors (Lipinski definition) is 1. The molecule has 31 heavy (non-hydrogen) atoms. The van der Waals surface area contributed by atoms with Gasteiger partial charge in [-0.1, -0.05) is 0 Å². The van der Waals surface area contributed by atoms with Crippen LogP contribution in [0.4, 0.5) is 39.4 Å². The first-order chi connectivity index (χ1) is 14.6. The third-order valence-corrected chi connectivity index (χ3v) is 5.96. The van der Waals surface area contributed by atoms with E-state index in [4.69, 9.17) is 5.73 Å². The quantitative estimate of drug-likeness (QED) is 0.716. The monoisotopic (exact) mass is 441 g/mol. The molecule has 2 N–H and O–H groups in total. The molecule has 2 aliphatic rings. The molecule has 0 saturated carbocycles. The van der Waals surface area contributed by atoms with Gasteiger partial charge in [-0.3, -0.25) is 4.79 Å². The van der Waals surface area contributed by atoms with Crippen LogP contribution in [0.2, 0.25) is 0 Å². The smallest absolute Gasteiger partial charge is 0.368 e. The third kappa shape index (κ3) is 4.00. The lowest BCUT2D eigenvalue weighted by molar-refractivity contribution is -0.141. The van der Waals surface area contributed by atoms with Gasteiger partial charge < -0.3 is 15.5 Å². The first kappa shape index (κ1) is 21.3. The molecule has 2 aromatic rings. The summed E-state index contributed by atoms with van der Waals surface area (Å²) in [6, 6.07) is 4.22. The summed E-state index contributed by atoms with van der Waals surface area (Å²) in [4.78, 5) is 23.1. The number of rotatable bonds is 2. The molecule has 0 aliphatic carbocycles. The second-order valence-corrected chi connectivity index (χ2v) is 7.86. The minimum atomic E-state index is -4.65. The number of piperidine rings is 2. The van der Waals surface area contributed by atoms with Crippen molar-refractivity contribution in [1.29, 1.82) is 0 Å². The van der Waals surface area contributed by atoms with E-state index in [1.165, 1.54) is 11.0 Å². The van der Waals surface area contributed by atoms with Gasteiger partial charge in [-0.05, 0) is 37.8 Å². The van der Waals surface area contributed by atoms with Crippen molar-refractivity contribution in [1.82, 2.24) is 9.97 Å². The topological polar surface area (TPSA) is 75.3 Å². The molecule has 2 fully saturated rings. The van der Waals surface area contributed by atoms with Crippen molar-refractivity contribution in [3.8, 4) is 0 Å². The van der Waals surface area contributed by atoms with Crippen molar-refractivity contribution in [2.45, 2.75) is 43.8 Å². The van der Waals surface area contributed by atoms with E-state index in [0.717, 1.165) is 18.2 Å². The molecular weight excluding hydrogens is 421 g/mol. The highest BCUT2D eigenvalue weighted by molar-refractivity contribution is 5.95.